The van der Waals surface area contributed by atoms with Gasteiger partial charge in [0.05, 0.1) is 7.11 Å². The third-order valence-electron chi connectivity index (χ3n) is 3.22. The maximum absolute atomic E-state index is 12.2. The van der Waals surface area contributed by atoms with Gasteiger partial charge in [-0.25, -0.2) is 4.79 Å². The number of carbonyl (C=O) groups is 4. The van der Waals surface area contributed by atoms with Crippen molar-refractivity contribution >= 4 is 23.6 Å². The minimum Gasteiger partial charge on any atom is -0.467 e. The molecule has 0 aromatic heterocycles. The quantitative estimate of drug-likeness (QED) is 0.606. The summed E-state index contributed by atoms with van der Waals surface area (Å²) in [5.41, 5.74) is 0. The molecule has 22 heavy (non-hydrogen) atoms. The first-order chi connectivity index (χ1) is 10.2. The Bertz CT molecular complexity index is 420. The van der Waals surface area contributed by atoms with Gasteiger partial charge in [0.1, 0.15) is 17.9 Å². The second-order valence-electron chi connectivity index (χ2n) is 5.44. The molecule has 0 aliphatic carbocycles. The molecule has 0 unspecified atom stereocenters. The van der Waals surface area contributed by atoms with Gasteiger partial charge in [-0.15, -0.1) is 0 Å². The Hall–Kier alpha value is -1.92. The van der Waals surface area contributed by atoms with E-state index in [-0.39, 0.29) is 30.4 Å². The Labute approximate surface area is 131 Å². The summed E-state index contributed by atoms with van der Waals surface area (Å²) in [6, 6.07) is -1.64. The van der Waals surface area contributed by atoms with Gasteiger partial charge in [0.25, 0.3) is 0 Å². The van der Waals surface area contributed by atoms with Crippen LogP contribution in [0.25, 0.3) is 0 Å². The molecule has 126 valence electrons. The van der Waals surface area contributed by atoms with Crippen molar-refractivity contribution in [1.82, 2.24) is 10.6 Å². The number of ketones is 1. The molecular weight excluding hydrogens is 288 g/mol. The van der Waals surface area contributed by atoms with Gasteiger partial charge >= 0.3 is 5.97 Å². The first-order valence-electron chi connectivity index (χ1n) is 7.39. The second kappa shape index (κ2) is 9.92. The Kier molecular flexibility index (Phi) is 9.05. The number of hydrogen-bond donors (Lipinski definition) is 2. The maximum Gasteiger partial charge on any atom is 0.328 e. The van der Waals surface area contributed by atoms with Crippen LogP contribution in [0.15, 0.2) is 0 Å². The van der Waals surface area contributed by atoms with Crippen molar-refractivity contribution in [3.8, 4) is 0 Å². The molecule has 0 aliphatic rings. The van der Waals surface area contributed by atoms with E-state index in [4.69, 9.17) is 0 Å². The molecular formula is C15H26N2O5. The largest absolute Gasteiger partial charge is 0.467 e. The summed E-state index contributed by atoms with van der Waals surface area (Å²) in [5, 5.41) is 5.10. The maximum atomic E-state index is 12.2. The van der Waals surface area contributed by atoms with Crippen LogP contribution >= 0.6 is 0 Å². The summed E-state index contributed by atoms with van der Waals surface area (Å²) in [4.78, 5) is 46.5. The fourth-order valence-corrected chi connectivity index (χ4v) is 1.89. The van der Waals surface area contributed by atoms with Crippen LogP contribution in [0, 0.1) is 5.92 Å². The van der Waals surface area contributed by atoms with Crippen LogP contribution < -0.4 is 10.6 Å². The lowest BCUT2D eigenvalue weighted by Crippen LogP contribution is -2.53. The normalized spacial score (nSPS) is 13.2. The van der Waals surface area contributed by atoms with Crippen LogP contribution in [-0.2, 0) is 23.9 Å². The van der Waals surface area contributed by atoms with Crippen molar-refractivity contribution in [2.75, 3.05) is 7.11 Å². The van der Waals surface area contributed by atoms with Crippen LogP contribution in [-0.4, -0.2) is 42.8 Å². The standard InChI is InChI=1S/C15H26N2O5/c1-6-11(19)7-8-12(15(21)22-5)17-14(20)13(9(2)3)16-10(4)18/h9,12-13H,6-8H2,1-5H3,(H,16,18)(H,17,20)/t12-,13+/m0/s1. The molecule has 7 heteroatoms. The summed E-state index contributed by atoms with van der Waals surface area (Å²) in [5.74, 6) is -1.54. The third kappa shape index (κ3) is 7.19. The Morgan fingerprint density at radius 3 is 2.09 bits per heavy atom. The predicted molar refractivity (Wildman–Crippen MR) is 80.9 cm³/mol. The average Bonchev–Trinajstić information content (AvgIpc) is 2.46. The summed E-state index contributed by atoms with van der Waals surface area (Å²) < 4.78 is 4.65. The van der Waals surface area contributed by atoms with Gasteiger partial charge in [0, 0.05) is 19.8 Å². The number of Topliss-reactive ketones (excluding diaryl/α,β-unsaturated/α-hetero) is 1. The van der Waals surface area contributed by atoms with Crippen molar-refractivity contribution in [1.29, 1.82) is 0 Å². The topological polar surface area (TPSA) is 102 Å². The van der Waals surface area contributed by atoms with Crippen molar-refractivity contribution in [3.05, 3.63) is 0 Å². The SMILES string of the molecule is CCC(=O)CC[C@H](NC(=O)[C@H](NC(C)=O)C(C)C)C(=O)OC. The van der Waals surface area contributed by atoms with Gasteiger partial charge in [-0.05, 0) is 12.3 Å². The van der Waals surface area contributed by atoms with Crippen LogP contribution in [0.5, 0.6) is 0 Å². The predicted octanol–water partition coefficient (Wildman–Crippen LogP) is 0.564. The molecule has 0 aromatic carbocycles. The van der Waals surface area contributed by atoms with Gasteiger partial charge in [-0.3, -0.25) is 14.4 Å². The first kappa shape index (κ1) is 20.1. The molecule has 0 saturated heterocycles. The van der Waals surface area contributed by atoms with Gasteiger partial charge in [-0.1, -0.05) is 20.8 Å². The highest BCUT2D eigenvalue weighted by Gasteiger charge is 2.28. The van der Waals surface area contributed by atoms with Crippen molar-refractivity contribution < 1.29 is 23.9 Å². The summed E-state index contributed by atoms with van der Waals surface area (Å²) >= 11 is 0. The first-order valence-corrected chi connectivity index (χ1v) is 7.39. The smallest absolute Gasteiger partial charge is 0.328 e. The Morgan fingerprint density at radius 1 is 1.09 bits per heavy atom. The van der Waals surface area contributed by atoms with Crippen LogP contribution in [0.3, 0.4) is 0 Å². The number of hydrogen-bond acceptors (Lipinski definition) is 5. The summed E-state index contributed by atoms with van der Waals surface area (Å²) in [6.07, 6.45) is 0.737. The fourth-order valence-electron chi connectivity index (χ4n) is 1.89. The zero-order valence-electron chi connectivity index (χ0n) is 13.9. The van der Waals surface area contributed by atoms with E-state index in [1.54, 1.807) is 20.8 Å². The molecule has 0 spiro atoms. The van der Waals surface area contributed by atoms with Gasteiger partial charge in [-0.2, -0.15) is 0 Å². The highest BCUT2D eigenvalue weighted by Crippen LogP contribution is 2.06. The summed E-state index contributed by atoms with van der Waals surface area (Å²) in [7, 11) is 1.22. The lowest BCUT2D eigenvalue weighted by Gasteiger charge is -2.24. The fraction of sp³-hybridized carbons (Fsp3) is 0.733. The van der Waals surface area contributed by atoms with E-state index in [2.05, 4.69) is 15.4 Å². The van der Waals surface area contributed by atoms with Crippen LogP contribution in [0.1, 0.15) is 47.0 Å². The minimum absolute atomic E-state index is 0.00502. The number of ether oxygens (including phenoxy) is 1. The molecule has 0 aliphatic heterocycles. The molecule has 0 bridgehead atoms. The molecule has 0 aromatic rings. The van der Waals surface area contributed by atoms with Crippen molar-refractivity contribution in [3.63, 3.8) is 0 Å². The molecule has 0 fully saturated rings. The third-order valence-corrected chi connectivity index (χ3v) is 3.22. The van der Waals surface area contributed by atoms with E-state index < -0.39 is 24.0 Å². The average molecular weight is 314 g/mol. The van der Waals surface area contributed by atoms with Gasteiger partial charge in [0.15, 0.2) is 0 Å². The molecule has 0 heterocycles. The Balaban J connectivity index is 4.87. The van der Waals surface area contributed by atoms with E-state index in [9.17, 15) is 19.2 Å². The zero-order chi connectivity index (χ0) is 17.3. The zero-order valence-corrected chi connectivity index (χ0v) is 13.9. The van der Waals surface area contributed by atoms with E-state index in [1.165, 1.54) is 14.0 Å². The number of esters is 1. The van der Waals surface area contributed by atoms with Crippen molar-refractivity contribution in [2.24, 2.45) is 5.92 Å². The molecule has 0 rings (SSSR count). The molecule has 0 radical (unpaired) electrons. The second-order valence-corrected chi connectivity index (χ2v) is 5.44. The lowest BCUT2D eigenvalue weighted by atomic mass is 10.0. The van der Waals surface area contributed by atoms with Crippen molar-refractivity contribution in [2.45, 2.75) is 59.0 Å². The molecule has 7 nitrogen and oxygen atoms in total. The van der Waals surface area contributed by atoms with Gasteiger partial charge < -0.3 is 15.4 Å². The van der Waals surface area contributed by atoms with E-state index in [1.807, 2.05) is 0 Å². The molecule has 2 atom stereocenters. The number of nitrogens with one attached hydrogen (secondary N) is 2. The number of rotatable bonds is 9. The number of amides is 2. The molecule has 0 saturated carbocycles. The van der Waals surface area contributed by atoms with E-state index >= 15 is 0 Å². The number of methoxy groups -OCH3 is 1. The van der Waals surface area contributed by atoms with Gasteiger partial charge in [0.2, 0.25) is 11.8 Å². The Morgan fingerprint density at radius 2 is 1.68 bits per heavy atom. The summed E-state index contributed by atoms with van der Waals surface area (Å²) in [6.45, 7) is 6.63. The van der Waals surface area contributed by atoms with E-state index in [0.29, 0.717) is 6.42 Å². The van der Waals surface area contributed by atoms with Crippen LogP contribution in [0.4, 0.5) is 0 Å². The number of carbonyl (C=O) groups excluding carboxylic acids is 4. The minimum atomic E-state index is -0.900. The van der Waals surface area contributed by atoms with Crippen LogP contribution in [0.2, 0.25) is 0 Å². The molecule has 2 N–H and O–H groups in total. The molecule has 2 amide bonds. The highest BCUT2D eigenvalue weighted by atomic mass is 16.5. The highest BCUT2D eigenvalue weighted by molar-refractivity contribution is 5.90. The van der Waals surface area contributed by atoms with E-state index in [0.717, 1.165) is 0 Å². The lowest BCUT2D eigenvalue weighted by molar-refractivity contribution is -0.145. The monoisotopic (exact) mass is 314 g/mol.